The lowest BCUT2D eigenvalue weighted by Gasteiger charge is -2.07. The lowest BCUT2D eigenvalue weighted by Crippen LogP contribution is -2.19. The zero-order chi connectivity index (χ0) is 14.6. The van der Waals surface area contributed by atoms with Crippen molar-refractivity contribution in [3.8, 4) is 0 Å². The van der Waals surface area contributed by atoms with Gasteiger partial charge in [-0.25, -0.2) is 4.79 Å². The van der Waals surface area contributed by atoms with Gasteiger partial charge in [-0.2, -0.15) is 0 Å². The molecular formula is C13H12Cl2O4. The molecule has 0 bridgehead atoms. The molecule has 0 amide bonds. The second-order valence-electron chi connectivity index (χ2n) is 3.65. The van der Waals surface area contributed by atoms with E-state index in [4.69, 9.17) is 23.2 Å². The smallest absolute Gasteiger partial charge is 0.379 e. The number of esters is 1. The maximum absolute atomic E-state index is 11.7. The number of carbonyl (C=O) groups excluding carboxylic acids is 2. The van der Waals surface area contributed by atoms with Crippen LogP contribution in [0.1, 0.15) is 19.4 Å². The SMILES string of the molecule is CCOC(=O)C(=O)C(C)=C(O)c1ccc(Cl)cc1Cl. The summed E-state index contributed by atoms with van der Waals surface area (Å²) in [6, 6.07) is 4.40. The average Bonchev–Trinajstić information content (AvgIpc) is 2.36. The van der Waals surface area contributed by atoms with Gasteiger partial charge in [0.25, 0.3) is 5.78 Å². The van der Waals surface area contributed by atoms with E-state index in [-0.39, 0.29) is 28.5 Å². The maximum Gasteiger partial charge on any atom is 0.379 e. The number of halogens is 2. The van der Waals surface area contributed by atoms with Gasteiger partial charge in [0.15, 0.2) is 0 Å². The number of carbonyl (C=O) groups is 2. The molecule has 19 heavy (non-hydrogen) atoms. The van der Waals surface area contributed by atoms with Gasteiger partial charge in [-0.3, -0.25) is 4.79 Å². The van der Waals surface area contributed by atoms with Gasteiger partial charge >= 0.3 is 5.97 Å². The van der Waals surface area contributed by atoms with E-state index in [9.17, 15) is 14.7 Å². The predicted molar refractivity (Wildman–Crippen MR) is 73.3 cm³/mol. The summed E-state index contributed by atoms with van der Waals surface area (Å²) in [4.78, 5) is 23.0. The molecule has 0 atom stereocenters. The van der Waals surface area contributed by atoms with E-state index in [1.807, 2.05) is 0 Å². The van der Waals surface area contributed by atoms with Crippen LogP contribution in [0.3, 0.4) is 0 Å². The van der Waals surface area contributed by atoms with Crippen LogP contribution in [-0.2, 0) is 14.3 Å². The van der Waals surface area contributed by atoms with Crippen molar-refractivity contribution in [2.24, 2.45) is 0 Å². The standard InChI is InChI=1S/C13H12Cl2O4/c1-3-19-13(18)12(17)7(2)11(16)9-5-4-8(14)6-10(9)15/h4-6,16H,3H2,1-2H3. The van der Waals surface area contributed by atoms with E-state index in [1.54, 1.807) is 6.92 Å². The van der Waals surface area contributed by atoms with Crippen LogP contribution in [0, 0.1) is 0 Å². The minimum Gasteiger partial charge on any atom is -0.507 e. The quantitative estimate of drug-likeness (QED) is 0.401. The number of aliphatic hydroxyl groups excluding tert-OH is 1. The topological polar surface area (TPSA) is 63.6 Å². The molecule has 0 aliphatic rings. The minimum absolute atomic E-state index is 0.0836. The third-order valence-electron chi connectivity index (χ3n) is 2.34. The molecule has 4 nitrogen and oxygen atoms in total. The first-order chi connectivity index (χ1) is 8.88. The molecule has 6 heteroatoms. The Balaban J connectivity index is 3.14. The third kappa shape index (κ3) is 3.72. The van der Waals surface area contributed by atoms with Gasteiger partial charge in [0, 0.05) is 16.2 Å². The Morgan fingerprint density at radius 1 is 1.32 bits per heavy atom. The molecule has 0 fully saturated rings. The third-order valence-corrected chi connectivity index (χ3v) is 2.89. The molecule has 0 spiro atoms. The Morgan fingerprint density at radius 3 is 2.47 bits per heavy atom. The lowest BCUT2D eigenvalue weighted by molar-refractivity contribution is -0.151. The van der Waals surface area contributed by atoms with Gasteiger partial charge < -0.3 is 9.84 Å². The van der Waals surface area contributed by atoms with Crippen molar-refractivity contribution in [1.29, 1.82) is 0 Å². The van der Waals surface area contributed by atoms with Crippen LogP contribution in [0.15, 0.2) is 23.8 Å². The van der Waals surface area contributed by atoms with E-state index in [1.165, 1.54) is 25.1 Å². The summed E-state index contributed by atoms with van der Waals surface area (Å²) in [5.74, 6) is -2.30. The summed E-state index contributed by atoms with van der Waals surface area (Å²) in [6.07, 6.45) is 0. The van der Waals surface area contributed by atoms with E-state index in [0.717, 1.165) is 0 Å². The van der Waals surface area contributed by atoms with Crippen molar-refractivity contribution in [3.63, 3.8) is 0 Å². The zero-order valence-electron chi connectivity index (χ0n) is 10.4. The van der Waals surface area contributed by atoms with Gasteiger partial charge in [0.1, 0.15) is 5.76 Å². The average molecular weight is 303 g/mol. The Morgan fingerprint density at radius 2 is 1.95 bits per heavy atom. The molecule has 0 aliphatic carbocycles. The van der Waals surface area contributed by atoms with Crippen molar-refractivity contribution < 1.29 is 19.4 Å². The Hall–Kier alpha value is -1.52. The molecule has 102 valence electrons. The van der Waals surface area contributed by atoms with Gasteiger partial charge in [0.05, 0.1) is 11.6 Å². The maximum atomic E-state index is 11.7. The fourth-order valence-corrected chi connectivity index (χ4v) is 1.84. The molecule has 0 saturated carbocycles. The van der Waals surface area contributed by atoms with Crippen molar-refractivity contribution in [3.05, 3.63) is 39.4 Å². The number of benzene rings is 1. The van der Waals surface area contributed by atoms with E-state index in [0.29, 0.717) is 5.02 Å². The van der Waals surface area contributed by atoms with E-state index < -0.39 is 11.8 Å². The minimum atomic E-state index is -1.02. The number of hydrogen-bond donors (Lipinski definition) is 1. The van der Waals surface area contributed by atoms with Gasteiger partial charge in [-0.1, -0.05) is 23.2 Å². The molecule has 1 aromatic carbocycles. The molecule has 1 aromatic rings. The van der Waals surface area contributed by atoms with Crippen LogP contribution in [0.5, 0.6) is 0 Å². The summed E-state index contributed by atoms with van der Waals surface area (Å²) in [5.41, 5.74) is 0.0869. The Labute approximate surface area is 120 Å². The molecule has 0 aromatic heterocycles. The van der Waals surface area contributed by atoms with E-state index >= 15 is 0 Å². The Kier molecular flexibility index (Phi) is 5.39. The number of aliphatic hydroxyl groups is 1. The van der Waals surface area contributed by atoms with Crippen LogP contribution in [0.25, 0.3) is 5.76 Å². The summed E-state index contributed by atoms with van der Waals surface area (Å²) >= 11 is 11.6. The second-order valence-corrected chi connectivity index (χ2v) is 4.49. The molecule has 0 aliphatic heterocycles. The van der Waals surface area contributed by atoms with Crippen molar-refractivity contribution in [2.45, 2.75) is 13.8 Å². The van der Waals surface area contributed by atoms with E-state index in [2.05, 4.69) is 4.74 Å². The van der Waals surface area contributed by atoms with Gasteiger partial charge in [-0.15, -0.1) is 0 Å². The summed E-state index contributed by atoms with van der Waals surface area (Å²) < 4.78 is 4.57. The van der Waals surface area contributed by atoms with Crippen molar-refractivity contribution >= 4 is 40.7 Å². The largest absolute Gasteiger partial charge is 0.507 e. The van der Waals surface area contributed by atoms with Crippen molar-refractivity contribution in [1.82, 2.24) is 0 Å². The lowest BCUT2D eigenvalue weighted by atomic mass is 10.1. The highest BCUT2D eigenvalue weighted by molar-refractivity contribution is 6.42. The fraction of sp³-hybridized carbons (Fsp3) is 0.231. The van der Waals surface area contributed by atoms with Crippen LogP contribution >= 0.6 is 23.2 Å². The normalized spacial score (nSPS) is 11.8. The highest BCUT2D eigenvalue weighted by Crippen LogP contribution is 2.27. The number of ketones is 1. The summed E-state index contributed by atoms with van der Waals surface area (Å²) in [6.45, 7) is 2.99. The summed E-state index contributed by atoms with van der Waals surface area (Å²) in [5, 5.41) is 10.6. The molecule has 0 radical (unpaired) electrons. The number of Topliss-reactive ketones (excluding diaryl/α,β-unsaturated/α-hetero) is 1. The van der Waals surface area contributed by atoms with Crippen LogP contribution in [0.2, 0.25) is 10.0 Å². The van der Waals surface area contributed by atoms with Crippen molar-refractivity contribution in [2.75, 3.05) is 6.61 Å². The molecule has 0 heterocycles. The monoisotopic (exact) mass is 302 g/mol. The van der Waals surface area contributed by atoms with Gasteiger partial charge in [0.2, 0.25) is 0 Å². The van der Waals surface area contributed by atoms with Crippen LogP contribution in [0.4, 0.5) is 0 Å². The summed E-state index contributed by atoms with van der Waals surface area (Å²) in [7, 11) is 0. The van der Waals surface area contributed by atoms with Crippen LogP contribution < -0.4 is 0 Å². The Bertz CT molecular complexity index is 550. The molecular weight excluding hydrogens is 291 g/mol. The highest BCUT2D eigenvalue weighted by Gasteiger charge is 2.21. The molecule has 0 saturated heterocycles. The number of ether oxygens (including phenoxy) is 1. The first-order valence-electron chi connectivity index (χ1n) is 5.45. The molecule has 1 N–H and O–H groups in total. The highest BCUT2D eigenvalue weighted by atomic mass is 35.5. The van der Waals surface area contributed by atoms with Crippen LogP contribution in [-0.4, -0.2) is 23.5 Å². The van der Waals surface area contributed by atoms with Gasteiger partial charge in [-0.05, 0) is 32.0 Å². The zero-order valence-corrected chi connectivity index (χ0v) is 11.9. The molecule has 0 unspecified atom stereocenters. The fourth-order valence-electron chi connectivity index (χ4n) is 1.34. The predicted octanol–water partition coefficient (Wildman–Crippen LogP) is 3.41. The first-order valence-corrected chi connectivity index (χ1v) is 6.20. The first kappa shape index (κ1) is 15.5. The molecule has 1 rings (SSSR count). The number of hydrogen-bond acceptors (Lipinski definition) is 4. The second kappa shape index (κ2) is 6.59. The number of rotatable bonds is 4.